The molecular weight excluding hydrogens is 403 g/mol. The van der Waals surface area contributed by atoms with Crippen molar-refractivity contribution in [3.8, 4) is 17.2 Å². The zero-order valence-electron chi connectivity index (χ0n) is 18.1. The minimum absolute atomic E-state index is 0.193. The first-order valence-corrected chi connectivity index (χ1v) is 10.1. The van der Waals surface area contributed by atoms with Gasteiger partial charge in [0.1, 0.15) is 5.82 Å². The smallest absolute Gasteiger partial charge is 0.319 e. The topological polar surface area (TPSA) is 75.3 Å². The monoisotopic (exact) mass is 432 g/mol. The van der Waals surface area contributed by atoms with Crippen LogP contribution in [0.4, 0.5) is 20.6 Å². The molecule has 31 heavy (non-hydrogen) atoms. The third kappa shape index (κ3) is 5.69. The standard InChI is InChI=1S/C22H29FN4O4/c1-29-19-14-16(15-20(30-2)21(19)31-3)25-22(28)24-8-9-26-10-12-27(13-11-26)18-7-5-4-6-17(18)23/h4-7,14-15H,8-13H2,1-3H3,(H2,24,25,28). The molecule has 9 heteroatoms. The summed E-state index contributed by atoms with van der Waals surface area (Å²) in [7, 11) is 4.57. The normalized spacial score (nSPS) is 14.1. The van der Waals surface area contributed by atoms with Crippen LogP contribution in [-0.4, -0.2) is 71.5 Å². The molecule has 2 amide bonds. The molecule has 2 aromatic rings. The van der Waals surface area contributed by atoms with Crippen LogP contribution in [0.25, 0.3) is 0 Å². The van der Waals surface area contributed by atoms with Crippen LogP contribution in [0.15, 0.2) is 36.4 Å². The summed E-state index contributed by atoms with van der Waals surface area (Å²) in [5.74, 6) is 1.20. The second kappa shape index (κ2) is 10.7. The van der Waals surface area contributed by atoms with E-state index in [9.17, 15) is 9.18 Å². The lowest BCUT2D eigenvalue weighted by atomic mass is 10.2. The highest BCUT2D eigenvalue weighted by atomic mass is 19.1. The SMILES string of the molecule is COc1cc(NC(=O)NCCN2CCN(c3ccccc3F)CC2)cc(OC)c1OC. The minimum Gasteiger partial charge on any atom is -0.493 e. The lowest BCUT2D eigenvalue weighted by molar-refractivity contribution is 0.240. The molecule has 2 aromatic carbocycles. The average Bonchev–Trinajstić information content (AvgIpc) is 2.79. The number of anilines is 2. The van der Waals surface area contributed by atoms with E-state index >= 15 is 0 Å². The fraction of sp³-hybridized carbons (Fsp3) is 0.409. The molecule has 0 unspecified atom stereocenters. The van der Waals surface area contributed by atoms with E-state index in [1.165, 1.54) is 27.4 Å². The summed E-state index contributed by atoms with van der Waals surface area (Å²) in [6, 6.07) is 9.86. The minimum atomic E-state index is -0.320. The number of amides is 2. The van der Waals surface area contributed by atoms with Crippen molar-refractivity contribution < 1.29 is 23.4 Å². The van der Waals surface area contributed by atoms with E-state index in [1.54, 1.807) is 24.3 Å². The summed E-state index contributed by atoms with van der Waals surface area (Å²) >= 11 is 0. The van der Waals surface area contributed by atoms with Gasteiger partial charge in [-0.25, -0.2) is 9.18 Å². The Labute approximate surface area is 181 Å². The number of nitrogens with zero attached hydrogens (tertiary/aromatic N) is 2. The van der Waals surface area contributed by atoms with Gasteiger partial charge in [0, 0.05) is 51.4 Å². The number of carbonyl (C=O) groups is 1. The summed E-state index contributed by atoms with van der Waals surface area (Å²) < 4.78 is 29.8. The number of piperazine rings is 1. The Morgan fingerprint density at radius 1 is 1.00 bits per heavy atom. The number of urea groups is 1. The Bertz CT molecular complexity index is 863. The van der Waals surface area contributed by atoms with E-state index < -0.39 is 0 Å². The fourth-order valence-corrected chi connectivity index (χ4v) is 3.58. The predicted octanol–water partition coefficient (Wildman–Crippen LogP) is 2.80. The van der Waals surface area contributed by atoms with Crippen LogP contribution in [-0.2, 0) is 0 Å². The van der Waals surface area contributed by atoms with Gasteiger partial charge in [0.15, 0.2) is 11.5 Å². The van der Waals surface area contributed by atoms with Crippen LogP contribution in [0, 0.1) is 5.82 Å². The van der Waals surface area contributed by atoms with Crippen molar-refractivity contribution in [2.75, 3.05) is 70.8 Å². The molecule has 0 aromatic heterocycles. The number of halogens is 1. The molecule has 1 heterocycles. The molecule has 168 valence electrons. The number of nitrogens with one attached hydrogen (secondary N) is 2. The molecule has 3 rings (SSSR count). The highest BCUT2D eigenvalue weighted by molar-refractivity contribution is 5.90. The molecular formula is C22H29FN4O4. The third-order valence-corrected chi connectivity index (χ3v) is 5.20. The first kappa shape index (κ1) is 22.5. The van der Waals surface area contributed by atoms with Crippen molar-refractivity contribution in [1.29, 1.82) is 0 Å². The maximum absolute atomic E-state index is 13.9. The molecule has 1 fully saturated rings. The number of methoxy groups -OCH3 is 3. The maximum atomic E-state index is 13.9. The van der Waals surface area contributed by atoms with Crippen LogP contribution in [0.2, 0.25) is 0 Å². The second-order valence-electron chi connectivity index (χ2n) is 7.08. The summed E-state index contributed by atoms with van der Waals surface area (Å²) in [5, 5.41) is 5.64. The number of ether oxygens (including phenoxy) is 3. The van der Waals surface area contributed by atoms with Crippen molar-refractivity contribution in [1.82, 2.24) is 10.2 Å². The lowest BCUT2D eigenvalue weighted by Crippen LogP contribution is -2.49. The Hall–Kier alpha value is -3.20. The average molecular weight is 432 g/mol. The van der Waals surface area contributed by atoms with Gasteiger partial charge in [-0.3, -0.25) is 4.90 Å². The zero-order valence-corrected chi connectivity index (χ0v) is 18.1. The molecule has 2 N–H and O–H groups in total. The van der Waals surface area contributed by atoms with Gasteiger partial charge < -0.3 is 29.7 Å². The summed E-state index contributed by atoms with van der Waals surface area (Å²) in [6.07, 6.45) is 0. The molecule has 0 spiro atoms. The van der Waals surface area contributed by atoms with Gasteiger partial charge in [-0.2, -0.15) is 0 Å². The van der Waals surface area contributed by atoms with Gasteiger partial charge in [0.05, 0.1) is 32.7 Å². The van der Waals surface area contributed by atoms with Gasteiger partial charge in [-0.05, 0) is 12.1 Å². The van der Waals surface area contributed by atoms with E-state index in [1.807, 2.05) is 6.07 Å². The molecule has 0 atom stereocenters. The van der Waals surface area contributed by atoms with Crippen molar-refractivity contribution >= 4 is 17.4 Å². The van der Waals surface area contributed by atoms with Crippen molar-refractivity contribution in [2.24, 2.45) is 0 Å². The van der Waals surface area contributed by atoms with Crippen LogP contribution >= 0.6 is 0 Å². The van der Waals surface area contributed by atoms with Crippen molar-refractivity contribution in [2.45, 2.75) is 0 Å². The van der Waals surface area contributed by atoms with Crippen molar-refractivity contribution in [3.63, 3.8) is 0 Å². The van der Waals surface area contributed by atoms with Crippen LogP contribution in [0.1, 0.15) is 0 Å². The predicted molar refractivity (Wildman–Crippen MR) is 118 cm³/mol. The zero-order chi connectivity index (χ0) is 22.2. The fourth-order valence-electron chi connectivity index (χ4n) is 3.58. The van der Waals surface area contributed by atoms with E-state index in [0.29, 0.717) is 41.7 Å². The van der Waals surface area contributed by atoms with Gasteiger partial charge in [0.25, 0.3) is 0 Å². The molecule has 0 saturated carbocycles. The van der Waals surface area contributed by atoms with E-state index in [0.717, 1.165) is 26.2 Å². The van der Waals surface area contributed by atoms with Crippen LogP contribution < -0.4 is 29.7 Å². The molecule has 8 nitrogen and oxygen atoms in total. The van der Waals surface area contributed by atoms with Gasteiger partial charge in [-0.15, -0.1) is 0 Å². The Morgan fingerprint density at radius 3 is 2.23 bits per heavy atom. The maximum Gasteiger partial charge on any atom is 0.319 e. The van der Waals surface area contributed by atoms with Crippen molar-refractivity contribution in [3.05, 3.63) is 42.2 Å². The number of hydrogen-bond acceptors (Lipinski definition) is 6. The Balaban J connectivity index is 1.44. The molecule has 0 radical (unpaired) electrons. The first-order valence-electron chi connectivity index (χ1n) is 10.1. The van der Waals surface area contributed by atoms with E-state index in [-0.39, 0.29) is 11.8 Å². The third-order valence-electron chi connectivity index (χ3n) is 5.20. The number of carbonyl (C=O) groups excluding carboxylic acids is 1. The summed E-state index contributed by atoms with van der Waals surface area (Å²) in [6.45, 7) is 4.33. The van der Waals surface area contributed by atoms with Crippen LogP contribution in [0.5, 0.6) is 17.2 Å². The molecule has 1 aliphatic heterocycles. The summed E-state index contributed by atoms with van der Waals surface area (Å²) in [5.41, 5.74) is 1.18. The van der Waals surface area contributed by atoms with E-state index in [4.69, 9.17) is 14.2 Å². The van der Waals surface area contributed by atoms with Gasteiger partial charge >= 0.3 is 6.03 Å². The lowest BCUT2D eigenvalue weighted by Gasteiger charge is -2.36. The van der Waals surface area contributed by atoms with Gasteiger partial charge in [-0.1, -0.05) is 12.1 Å². The number of para-hydroxylation sites is 1. The van der Waals surface area contributed by atoms with Gasteiger partial charge in [0.2, 0.25) is 5.75 Å². The van der Waals surface area contributed by atoms with Crippen LogP contribution in [0.3, 0.4) is 0 Å². The number of hydrogen-bond donors (Lipinski definition) is 2. The number of rotatable bonds is 8. The largest absolute Gasteiger partial charge is 0.493 e. The molecule has 1 saturated heterocycles. The first-order chi connectivity index (χ1) is 15.0. The second-order valence-corrected chi connectivity index (χ2v) is 7.08. The Morgan fingerprint density at radius 2 is 1.65 bits per heavy atom. The Kier molecular flexibility index (Phi) is 7.77. The molecule has 0 bridgehead atoms. The summed E-state index contributed by atoms with van der Waals surface area (Å²) in [4.78, 5) is 16.6. The molecule has 1 aliphatic rings. The highest BCUT2D eigenvalue weighted by Gasteiger charge is 2.19. The number of benzene rings is 2. The molecule has 0 aliphatic carbocycles. The van der Waals surface area contributed by atoms with E-state index in [2.05, 4.69) is 20.4 Å². The highest BCUT2D eigenvalue weighted by Crippen LogP contribution is 2.39. The quantitative estimate of drug-likeness (QED) is 0.668.